The van der Waals surface area contributed by atoms with E-state index < -0.39 is 16.1 Å². The number of aliphatic hydroxyl groups excluding tert-OH is 1. The largest absolute Gasteiger partial charge is 0.393 e. The van der Waals surface area contributed by atoms with Crippen molar-refractivity contribution < 1.29 is 13.5 Å². The van der Waals surface area contributed by atoms with Crippen LogP contribution in [0.3, 0.4) is 0 Å². The second-order valence-corrected chi connectivity index (χ2v) is 6.73. The van der Waals surface area contributed by atoms with Crippen molar-refractivity contribution in [3.63, 3.8) is 0 Å². The number of hydrogen-bond donors (Lipinski definition) is 1. The molecule has 1 aromatic carbocycles. The van der Waals surface area contributed by atoms with Crippen LogP contribution in [0.5, 0.6) is 0 Å². The van der Waals surface area contributed by atoms with Gasteiger partial charge in [-0.25, -0.2) is 8.42 Å². The van der Waals surface area contributed by atoms with Gasteiger partial charge in [0.25, 0.3) is 0 Å². The second-order valence-electron chi connectivity index (χ2n) is 4.39. The van der Waals surface area contributed by atoms with E-state index in [1.807, 2.05) is 6.07 Å². The topological polar surface area (TPSA) is 81.4 Å². The van der Waals surface area contributed by atoms with Gasteiger partial charge < -0.3 is 5.11 Å². The summed E-state index contributed by atoms with van der Waals surface area (Å²) in [5.41, 5.74) is 0.0404. The molecular weight excluding hydrogens is 288 g/mol. The van der Waals surface area contributed by atoms with E-state index in [1.54, 1.807) is 0 Å². The SMILES string of the molecule is N#Cc1cc(Cl)ccc1S(=O)(=O)N1CCC(O)CC1. The molecule has 0 aromatic heterocycles. The number of hydrogen-bond acceptors (Lipinski definition) is 4. The lowest BCUT2D eigenvalue weighted by molar-refractivity contribution is 0.113. The fraction of sp³-hybridized carbons (Fsp3) is 0.417. The van der Waals surface area contributed by atoms with Gasteiger partial charge in [0.1, 0.15) is 11.0 Å². The molecule has 0 radical (unpaired) electrons. The number of halogens is 1. The van der Waals surface area contributed by atoms with Gasteiger partial charge in [-0.1, -0.05) is 11.6 Å². The third kappa shape index (κ3) is 2.90. The molecule has 1 saturated heterocycles. The first-order valence-corrected chi connectivity index (χ1v) is 7.65. The van der Waals surface area contributed by atoms with Crippen LogP contribution >= 0.6 is 11.6 Å². The van der Waals surface area contributed by atoms with Gasteiger partial charge in [-0.05, 0) is 31.0 Å². The minimum Gasteiger partial charge on any atom is -0.393 e. The Morgan fingerprint density at radius 1 is 1.37 bits per heavy atom. The Morgan fingerprint density at radius 3 is 2.58 bits per heavy atom. The van der Waals surface area contributed by atoms with Crippen LogP contribution in [0.4, 0.5) is 0 Å². The van der Waals surface area contributed by atoms with E-state index in [1.165, 1.54) is 22.5 Å². The van der Waals surface area contributed by atoms with Gasteiger partial charge >= 0.3 is 0 Å². The molecule has 0 unspecified atom stereocenters. The maximum atomic E-state index is 12.4. The summed E-state index contributed by atoms with van der Waals surface area (Å²) in [5.74, 6) is 0. The van der Waals surface area contributed by atoms with Gasteiger partial charge in [0, 0.05) is 18.1 Å². The Kier molecular flexibility index (Phi) is 4.11. The molecule has 0 aliphatic carbocycles. The number of nitriles is 1. The Hall–Kier alpha value is -1.13. The fourth-order valence-corrected chi connectivity index (χ4v) is 3.80. The third-order valence-electron chi connectivity index (χ3n) is 3.10. The van der Waals surface area contributed by atoms with Crippen molar-refractivity contribution in [2.45, 2.75) is 23.8 Å². The van der Waals surface area contributed by atoms with Crippen molar-refractivity contribution in [2.75, 3.05) is 13.1 Å². The molecule has 1 aliphatic rings. The van der Waals surface area contributed by atoms with E-state index in [9.17, 15) is 13.5 Å². The third-order valence-corrected chi connectivity index (χ3v) is 5.30. The smallest absolute Gasteiger partial charge is 0.244 e. The summed E-state index contributed by atoms with van der Waals surface area (Å²) < 4.78 is 26.2. The van der Waals surface area contributed by atoms with E-state index in [4.69, 9.17) is 16.9 Å². The van der Waals surface area contributed by atoms with Gasteiger partial charge in [0.2, 0.25) is 10.0 Å². The molecule has 19 heavy (non-hydrogen) atoms. The number of nitrogens with zero attached hydrogens (tertiary/aromatic N) is 2. The van der Waals surface area contributed by atoms with Crippen LogP contribution in [0.25, 0.3) is 0 Å². The lowest BCUT2D eigenvalue weighted by Crippen LogP contribution is -2.40. The molecule has 2 rings (SSSR count). The number of benzene rings is 1. The lowest BCUT2D eigenvalue weighted by atomic mass is 10.1. The molecule has 7 heteroatoms. The molecule has 102 valence electrons. The average Bonchev–Trinajstić information content (AvgIpc) is 2.38. The molecule has 1 aliphatic heterocycles. The number of sulfonamides is 1. The van der Waals surface area contributed by atoms with Crippen LogP contribution in [0, 0.1) is 11.3 Å². The monoisotopic (exact) mass is 300 g/mol. The lowest BCUT2D eigenvalue weighted by Gasteiger charge is -2.28. The van der Waals surface area contributed by atoms with E-state index in [-0.39, 0.29) is 23.5 Å². The first kappa shape index (κ1) is 14.3. The zero-order valence-corrected chi connectivity index (χ0v) is 11.7. The second kappa shape index (κ2) is 5.47. The predicted octanol–water partition coefficient (Wildman–Crippen LogP) is 1.36. The maximum absolute atomic E-state index is 12.4. The molecule has 1 heterocycles. The first-order valence-electron chi connectivity index (χ1n) is 5.83. The molecule has 1 aromatic rings. The van der Waals surface area contributed by atoms with Gasteiger partial charge in [-0.15, -0.1) is 0 Å². The maximum Gasteiger partial charge on any atom is 0.244 e. The van der Waals surface area contributed by atoms with Crippen LogP contribution in [0.15, 0.2) is 23.1 Å². The van der Waals surface area contributed by atoms with Crippen molar-refractivity contribution in [2.24, 2.45) is 0 Å². The predicted molar refractivity (Wildman–Crippen MR) is 70.2 cm³/mol. The van der Waals surface area contributed by atoms with E-state index in [2.05, 4.69) is 0 Å². The summed E-state index contributed by atoms with van der Waals surface area (Å²) in [6.07, 6.45) is 0.371. The number of aliphatic hydroxyl groups is 1. The van der Waals surface area contributed by atoms with Crippen LogP contribution in [0.1, 0.15) is 18.4 Å². The molecule has 1 N–H and O–H groups in total. The minimum absolute atomic E-state index is 0.0317. The highest BCUT2D eigenvalue weighted by molar-refractivity contribution is 7.89. The molecule has 0 atom stereocenters. The Labute approximate surface area is 117 Å². The normalized spacial score (nSPS) is 18.2. The highest BCUT2D eigenvalue weighted by Gasteiger charge is 2.30. The van der Waals surface area contributed by atoms with E-state index in [0.29, 0.717) is 17.9 Å². The van der Waals surface area contributed by atoms with Crippen molar-refractivity contribution >= 4 is 21.6 Å². The van der Waals surface area contributed by atoms with Gasteiger partial charge in [0.05, 0.1) is 11.7 Å². The Bertz CT molecular complexity index is 616. The van der Waals surface area contributed by atoms with E-state index in [0.717, 1.165) is 0 Å². The van der Waals surface area contributed by atoms with Gasteiger partial charge in [-0.2, -0.15) is 9.57 Å². The highest BCUT2D eigenvalue weighted by Crippen LogP contribution is 2.25. The quantitative estimate of drug-likeness (QED) is 0.894. The molecule has 0 amide bonds. The summed E-state index contributed by atoms with van der Waals surface area (Å²) in [7, 11) is -3.70. The molecule has 0 spiro atoms. The zero-order valence-electron chi connectivity index (χ0n) is 10.1. The van der Waals surface area contributed by atoms with Crippen molar-refractivity contribution in [3.05, 3.63) is 28.8 Å². The Morgan fingerprint density at radius 2 is 2.00 bits per heavy atom. The summed E-state index contributed by atoms with van der Waals surface area (Å²) in [6.45, 7) is 0.522. The highest BCUT2D eigenvalue weighted by atomic mass is 35.5. The number of piperidine rings is 1. The molecular formula is C12H13ClN2O3S. The summed E-state index contributed by atoms with van der Waals surface area (Å²) >= 11 is 5.76. The van der Waals surface area contributed by atoms with Crippen molar-refractivity contribution in [3.8, 4) is 6.07 Å². The zero-order chi connectivity index (χ0) is 14.0. The Balaban J connectivity index is 2.38. The van der Waals surface area contributed by atoms with Gasteiger partial charge in [-0.3, -0.25) is 0 Å². The number of rotatable bonds is 2. The van der Waals surface area contributed by atoms with Crippen molar-refractivity contribution in [1.29, 1.82) is 5.26 Å². The van der Waals surface area contributed by atoms with Gasteiger partial charge in [0.15, 0.2) is 0 Å². The standard InChI is InChI=1S/C12H13ClN2O3S/c13-10-1-2-12(9(7-10)8-14)19(17,18)15-5-3-11(16)4-6-15/h1-2,7,11,16H,3-6H2. The van der Waals surface area contributed by atoms with E-state index >= 15 is 0 Å². The molecule has 0 bridgehead atoms. The van der Waals surface area contributed by atoms with Crippen LogP contribution in [0.2, 0.25) is 5.02 Å². The average molecular weight is 301 g/mol. The first-order chi connectivity index (χ1) is 8.95. The summed E-state index contributed by atoms with van der Waals surface area (Å²) in [4.78, 5) is -0.0317. The molecule has 1 fully saturated rings. The van der Waals surface area contributed by atoms with Crippen molar-refractivity contribution in [1.82, 2.24) is 4.31 Å². The fourth-order valence-electron chi connectivity index (χ4n) is 2.04. The minimum atomic E-state index is -3.70. The summed E-state index contributed by atoms with van der Waals surface area (Å²) in [5, 5.41) is 18.7. The molecule has 0 saturated carbocycles. The van der Waals surface area contributed by atoms with Crippen LogP contribution in [-0.2, 0) is 10.0 Å². The van der Waals surface area contributed by atoms with Crippen LogP contribution < -0.4 is 0 Å². The molecule has 5 nitrogen and oxygen atoms in total. The van der Waals surface area contributed by atoms with Crippen LogP contribution in [-0.4, -0.2) is 37.0 Å². The summed E-state index contributed by atoms with van der Waals surface area (Å²) in [6, 6.07) is 5.99.